The van der Waals surface area contributed by atoms with E-state index in [-0.39, 0.29) is 115 Å². The number of likely N-dealkylation sites (tertiary alicyclic amines) is 1. The molecule has 408 valence electrons. The number of cyclic esters (lactones) is 1. The number of halogens is 4. The highest BCUT2D eigenvalue weighted by Gasteiger charge is 2.41. The van der Waals surface area contributed by atoms with Crippen LogP contribution in [0.1, 0.15) is 82.4 Å². The number of amides is 4. The van der Waals surface area contributed by atoms with Crippen molar-refractivity contribution in [2.75, 3.05) is 40.4 Å². The maximum absolute atomic E-state index is 14.9. The number of esters is 1. The number of rotatable bonds is 11. The number of ether oxygens (including phenoxy) is 2. The lowest BCUT2D eigenvalue weighted by molar-refractivity contribution is -0.155. The van der Waals surface area contributed by atoms with Crippen LogP contribution in [0.2, 0.25) is 0 Å². The highest BCUT2D eigenvalue weighted by molar-refractivity contribution is 7.59. The quantitative estimate of drug-likeness (QED) is 0.0873. The molecule has 0 radical (unpaired) electrons. The normalized spacial score (nSPS) is 19.6. The first-order valence-corrected chi connectivity index (χ1v) is 23.7. The van der Waals surface area contributed by atoms with E-state index in [1.165, 1.54) is 39.6 Å². The van der Waals surface area contributed by atoms with Crippen LogP contribution in [-0.4, -0.2) is 119 Å². The Labute approximate surface area is 458 Å². The number of nitrogens with zero attached hydrogens (tertiary/aromatic N) is 5. The second-order valence-electron chi connectivity index (χ2n) is 19.9. The lowest BCUT2D eigenvalue weighted by Gasteiger charge is -2.37. The largest absolute Gasteiger partial charge is 0.464 e. The number of likely N-dealkylation sites (N-methyl/N-ethyl adjacent to an activating group) is 1. The Morgan fingerprint density at radius 2 is 1.74 bits per heavy atom. The van der Waals surface area contributed by atoms with Gasteiger partial charge in [0.2, 0.25) is 17.7 Å². The van der Waals surface area contributed by atoms with E-state index in [1.54, 1.807) is 75.5 Å². The first-order valence-electron chi connectivity index (χ1n) is 23.7. The molecule has 0 aliphatic carbocycles. The predicted octanol–water partition coefficient (Wildman–Crippen LogP) is 7.73. The molecule has 14 nitrogen and oxygen atoms in total. The van der Waals surface area contributed by atoms with E-state index in [0.717, 1.165) is 0 Å². The summed E-state index contributed by atoms with van der Waals surface area (Å²) in [5.41, 5.74) is 5.96. The Hall–Kier alpha value is -4.74. The standard InChI is InChI=1S/C52H63F4N7O7.4H2S/c1-9-43(64)61-19-16-35(27-61)48(66)60(7)45(30(2)3)47(65)58-41-23-32-20-33(26-53)22-36(21-32)34-14-15-42-38(24-34)39(25-51(5,6)29-70-50(68)40-13-11-18-63(59-40)49(41)67)46(62(42)28-52(54,55)56)37-12-10-17-57-44(37)31(4)69-8;;;;/h9-10,12,14-15,17,20-22,24,30-31,35,40-41,45,59H,1,11,13,16,18-19,23,25-29H2,2-8H3,(H,58,65);4*1H2/t31-,35?,40-,41-,45-;;;;/m0..../s1. The summed E-state index contributed by atoms with van der Waals surface area (Å²) in [5.74, 6) is -3.44. The van der Waals surface area contributed by atoms with Gasteiger partial charge < -0.3 is 29.2 Å². The topological polar surface area (TPSA) is 155 Å². The van der Waals surface area contributed by atoms with E-state index in [0.29, 0.717) is 64.7 Å². The van der Waals surface area contributed by atoms with E-state index < -0.39 is 78.7 Å². The average molecular weight is 1110 g/mol. The summed E-state index contributed by atoms with van der Waals surface area (Å²) in [6, 6.07) is 10.2. The smallest absolute Gasteiger partial charge is 0.406 e. The van der Waals surface area contributed by atoms with E-state index >= 15 is 0 Å². The SMILES string of the molecule is C=CC(=O)N1CCC(C(=O)N(C)[C@H](C(=O)N[C@H]2Cc3cc(CF)cc(c3)-c3ccc4c(c3)c(c(-c3cccnc3[C@H](C)OC)n4CC(F)(F)F)CC(C)(C)COC(=O)[C@@H]3CCCN(N3)C2=O)C(C)C)C1.S.S.S.S. The average Bonchev–Trinajstić information content (AvgIpc) is 3.94. The van der Waals surface area contributed by atoms with Gasteiger partial charge in [-0.1, -0.05) is 52.5 Å². The molecule has 0 saturated carbocycles. The highest BCUT2D eigenvalue weighted by atomic mass is 32.1. The number of aromatic nitrogens is 2. The van der Waals surface area contributed by atoms with Gasteiger partial charge in [0.25, 0.3) is 5.91 Å². The van der Waals surface area contributed by atoms with Gasteiger partial charge in [-0.25, -0.2) is 9.82 Å². The van der Waals surface area contributed by atoms with E-state index in [1.807, 2.05) is 13.8 Å². The number of methoxy groups -OCH3 is 1. The fourth-order valence-electron chi connectivity index (χ4n) is 10.1. The van der Waals surface area contributed by atoms with Crippen molar-refractivity contribution in [2.24, 2.45) is 17.3 Å². The number of hydrogen-bond donors (Lipinski definition) is 2. The summed E-state index contributed by atoms with van der Waals surface area (Å²) >= 11 is 0. The molecule has 5 atom stereocenters. The van der Waals surface area contributed by atoms with Gasteiger partial charge in [-0.3, -0.25) is 34.0 Å². The van der Waals surface area contributed by atoms with E-state index in [2.05, 4.69) is 22.3 Å². The fourth-order valence-corrected chi connectivity index (χ4v) is 10.1. The van der Waals surface area contributed by atoms with Crippen molar-refractivity contribution in [1.82, 2.24) is 35.1 Å². The number of fused-ring (bicyclic) bond motifs is 6. The van der Waals surface area contributed by atoms with Crippen molar-refractivity contribution >= 4 is 94.5 Å². The summed E-state index contributed by atoms with van der Waals surface area (Å²) < 4.78 is 72.0. The van der Waals surface area contributed by atoms with Crippen LogP contribution in [0, 0.1) is 17.3 Å². The minimum Gasteiger partial charge on any atom is -0.464 e. The van der Waals surface area contributed by atoms with Gasteiger partial charge >= 0.3 is 12.1 Å². The van der Waals surface area contributed by atoms with Crippen LogP contribution in [0.5, 0.6) is 0 Å². The molecule has 4 amide bonds. The number of hydrogen-bond acceptors (Lipinski definition) is 9. The van der Waals surface area contributed by atoms with Gasteiger partial charge in [0.15, 0.2) is 0 Å². The Balaban J connectivity index is 0.00000361. The second-order valence-corrected chi connectivity index (χ2v) is 19.9. The molecule has 2 aromatic heterocycles. The van der Waals surface area contributed by atoms with Crippen LogP contribution in [0.25, 0.3) is 33.3 Å². The summed E-state index contributed by atoms with van der Waals surface area (Å²) in [4.78, 5) is 77.0. The summed E-state index contributed by atoms with van der Waals surface area (Å²) in [7, 11) is 3.02. The zero-order chi connectivity index (χ0) is 50.8. The zero-order valence-corrected chi connectivity index (χ0v) is 46.8. The molecular formula is C52H71F4N7O7S4. The van der Waals surface area contributed by atoms with E-state index in [4.69, 9.17) is 9.47 Å². The molecule has 2 fully saturated rings. The van der Waals surface area contributed by atoms with Gasteiger partial charge in [0.1, 0.15) is 31.3 Å². The third-order valence-corrected chi connectivity index (χ3v) is 13.6. The molecule has 2 saturated heterocycles. The molecular weight excluding hydrogens is 1040 g/mol. The summed E-state index contributed by atoms with van der Waals surface area (Å²) in [6.07, 6.45) is -1.34. The van der Waals surface area contributed by atoms with Crippen molar-refractivity contribution in [3.63, 3.8) is 0 Å². The van der Waals surface area contributed by atoms with Gasteiger partial charge in [0, 0.05) is 68.3 Å². The van der Waals surface area contributed by atoms with Crippen molar-refractivity contribution in [2.45, 2.75) is 110 Å². The van der Waals surface area contributed by atoms with Crippen LogP contribution in [0.3, 0.4) is 0 Å². The predicted molar refractivity (Wildman–Crippen MR) is 297 cm³/mol. The van der Waals surface area contributed by atoms with Crippen molar-refractivity contribution < 1.29 is 51.0 Å². The Kier molecular flexibility index (Phi) is 22.6. The molecule has 0 spiro atoms. The number of pyridine rings is 1. The van der Waals surface area contributed by atoms with Crippen molar-refractivity contribution in [3.8, 4) is 22.4 Å². The molecule has 7 rings (SSSR count). The van der Waals surface area contributed by atoms with Crippen LogP contribution >= 0.6 is 54.0 Å². The monoisotopic (exact) mass is 1110 g/mol. The number of carbonyl (C=O) groups excluding carboxylic acids is 5. The maximum atomic E-state index is 14.9. The van der Waals surface area contributed by atoms with Crippen molar-refractivity contribution in [1.29, 1.82) is 0 Å². The Morgan fingerprint density at radius 3 is 2.39 bits per heavy atom. The minimum atomic E-state index is -4.64. The Morgan fingerprint density at radius 1 is 1.03 bits per heavy atom. The lowest BCUT2D eigenvalue weighted by atomic mass is 9.84. The molecule has 5 heterocycles. The molecule has 3 aliphatic rings. The highest BCUT2D eigenvalue weighted by Crippen LogP contribution is 2.43. The van der Waals surface area contributed by atoms with E-state index in [9.17, 15) is 41.5 Å². The Bertz CT molecular complexity index is 2670. The molecule has 3 aliphatic heterocycles. The molecule has 74 heavy (non-hydrogen) atoms. The van der Waals surface area contributed by atoms with Crippen LogP contribution < -0.4 is 10.7 Å². The first-order chi connectivity index (χ1) is 33.1. The van der Waals surface area contributed by atoms with Gasteiger partial charge in [-0.15, -0.1) is 0 Å². The molecule has 4 aromatic rings. The number of hydrazine groups is 1. The van der Waals surface area contributed by atoms with Crippen LogP contribution in [0.4, 0.5) is 17.6 Å². The van der Waals surface area contributed by atoms with Crippen LogP contribution in [0.15, 0.2) is 67.4 Å². The maximum Gasteiger partial charge on any atom is 0.406 e. The lowest BCUT2D eigenvalue weighted by Crippen LogP contribution is -2.62. The fraction of sp³-hybridized carbons (Fsp3) is 0.500. The molecule has 1 unspecified atom stereocenters. The van der Waals surface area contributed by atoms with Crippen molar-refractivity contribution in [3.05, 3.63) is 89.8 Å². The number of nitrogens with one attached hydrogen (secondary N) is 2. The summed E-state index contributed by atoms with van der Waals surface area (Å²) in [6.45, 7) is 10.9. The summed E-state index contributed by atoms with van der Waals surface area (Å²) in [5, 5.41) is 4.71. The minimum absolute atomic E-state index is 0. The number of carbonyl (C=O) groups is 5. The third kappa shape index (κ3) is 14.2. The molecule has 22 heteroatoms. The van der Waals surface area contributed by atoms with Gasteiger partial charge in [-0.05, 0) is 103 Å². The van der Waals surface area contributed by atoms with Crippen LogP contribution in [-0.2, 0) is 59.5 Å². The van der Waals surface area contributed by atoms with Gasteiger partial charge in [-0.2, -0.15) is 67.2 Å². The second kappa shape index (κ2) is 26.3. The zero-order valence-electron chi connectivity index (χ0n) is 42.8. The third-order valence-electron chi connectivity index (χ3n) is 13.6. The van der Waals surface area contributed by atoms with Gasteiger partial charge in [0.05, 0.1) is 30.0 Å². The molecule has 6 bridgehead atoms. The number of alkyl halides is 4. The number of benzene rings is 2. The molecule has 2 N–H and O–H groups in total. The first kappa shape index (κ1) is 63.6. The molecule has 2 aromatic carbocycles.